The maximum atomic E-state index is 5.44. The number of hydrogen-bond donors (Lipinski definition) is 1. The van der Waals surface area contributed by atoms with Crippen molar-refractivity contribution < 1.29 is 9.47 Å². The van der Waals surface area contributed by atoms with Crippen LogP contribution in [0.25, 0.3) is 0 Å². The van der Waals surface area contributed by atoms with Gasteiger partial charge in [-0.25, -0.2) is 0 Å². The summed E-state index contributed by atoms with van der Waals surface area (Å²) in [5.41, 5.74) is 2.45. The first-order valence-electron chi connectivity index (χ1n) is 4.98. The van der Waals surface area contributed by atoms with Gasteiger partial charge in [0.1, 0.15) is 5.75 Å². The fraction of sp³-hybridized carbons (Fsp3) is 0.455. The molecule has 0 saturated heterocycles. The van der Waals surface area contributed by atoms with Crippen LogP contribution in [0.5, 0.6) is 5.75 Å². The molecular weight excluding hydrogens is 258 g/mol. The zero-order valence-corrected chi connectivity index (χ0v) is 10.3. The monoisotopic (exact) mass is 271 g/mol. The molecule has 0 saturated carbocycles. The van der Waals surface area contributed by atoms with E-state index in [0.717, 1.165) is 23.2 Å². The Hall–Kier alpha value is -0.580. The van der Waals surface area contributed by atoms with Crippen molar-refractivity contribution in [3.8, 4) is 5.75 Å². The molecule has 1 aliphatic rings. The number of hydrogen-bond acceptors (Lipinski definition) is 3. The van der Waals surface area contributed by atoms with Crippen molar-refractivity contribution in [3.63, 3.8) is 0 Å². The number of nitrogens with one attached hydrogen (secondary N) is 1. The van der Waals surface area contributed by atoms with Gasteiger partial charge in [0.2, 0.25) is 0 Å². The fourth-order valence-electron chi connectivity index (χ4n) is 1.71. The molecule has 0 amide bonds. The van der Waals surface area contributed by atoms with Gasteiger partial charge in [0.05, 0.1) is 6.61 Å². The second kappa shape index (κ2) is 4.96. The normalized spacial score (nSPS) is 14.5. The van der Waals surface area contributed by atoms with Crippen LogP contribution in [0.4, 0.5) is 0 Å². The zero-order chi connectivity index (χ0) is 10.7. The molecule has 0 unspecified atom stereocenters. The van der Waals surface area contributed by atoms with Gasteiger partial charge in [-0.05, 0) is 37.7 Å². The van der Waals surface area contributed by atoms with Crippen LogP contribution in [0.3, 0.4) is 0 Å². The predicted octanol–water partition coefficient (Wildman–Crippen LogP) is 2.08. The highest BCUT2D eigenvalue weighted by atomic mass is 79.9. The third-order valence-electron chi connectivity index (χ3n) is 2.50. The Labute approximate surface area is 97.9 Å². The molecule has 0 aliphatic carbocycles. The van der Waals surface area contributed by atoms with E-state index in [-0.39, 0.29) is 0 Å². The van der Waals surface area contributed by atoms with E-state index in [2.05, 4.69) is 21.2 Å². The highest BCUT2D eigenvalue weighted by molar-refractivity contribution is 9.10. The first-order chi connectivity index (χ1) is 7.33. The fourth-order valence-corrected chi connectivity index (χ4v) is 2.28. The van der Waals surface area contributed by atoms with Crippen molar-refractivity contribution in [1.29, 1.82) is 0 Å². The Morgan fingerprint density at radius 2 is 2.33 bits per heavy atom. The lowest BCUT2D eigenvalue weighted by Crippen LogP contribution is -2.16. The molecule has 0 bridgehead atoms. The van der Waals surface area contributed by atoms with Crippen LogP contribution in [-0.4, -0.2) is 20.4 Å². The molecule has 0 spiro atoms. The zero-order valence-electron chi connectivity index (χ0n) is 8.68. The first kappa shape index (κ1) is 10.9. The number of fused-ring (bicyclic) bond motifs is 1. The summed E-state index contributed by atoms with van der Waals surface area (Å²) in [6, 6.07) is 4.03. The summed E-state index contributed by atoms with van der Waals surface area (Å²) < 4.78 is 11.9. The molecule has 1 aromatic rings. The van der Waals surface area contributed by atoms with Gasteiger partial charge >= 0.3 is 0 Å². The summed E-state index contributed by atoms with van der Waals surface area (Å²) in [6.45, 7) is 1.96. The maximum absolute atomic E-state index is 5.44. The Balaban J connectivity index is 2.32. The Morgan fingerprint density at radius 1 is 1.47 bits per heavy atom. The topological polar surface area (TPSA) is 30.5 Å². The average Bonchev–Trinajstić information content (AvgIpc) is 2.28. The minimum Gasteiger partial charge on any atom is -0.467 e. The summed E-state index contributed by atoms with van der Waals surface area (Å²) in [4.78, 5) is 0. The molecular formula is C11H14BrNO2. The predicted molar refractivity (Wildman–Crippen MR) is 62.1 cm³/mol. The third-order valence-corrected chi connectivity index (χ3v) is 3.24. The first-order valence-corrected chi connectivity index (χ1v) is 5.77. The number of benzene rings is 1. The van der Waals surface area contributed by atoms with Gasteiger partial charge in [-0.3, -0.25) is 0 Å². The van der Waals surface area contributed by atoms with Crippen LogP contribution >= 0.6 is 15.9 Å². The van der Waals surface area contributed by atoms with E-state index in [1.54, 1.807) is 0 Å². The van der Waals surface area contributed by atoms with Crippen LogP contribution < -0.4 is 10.1 Å². The summed E-state index contributed by atoms with van der Waals surface area (Å²) >= 11 is 3.57. The van der Waals surface area contributed by atoms with Crippen molar-refractivity contribution in [2.45, 2.75) is 13.0 Å². The molecule has 1 aliphatic heterocycles. The van der Waals surface area contributed by atoms with E-state index < -0.39 is 0 Å². The third kappa shape index (κ3) is 2.33. The summed E-state index contributed by atoms with van der Waals surface area (Å²) in [5.74, 6) is 0.954. The Bertz CT molecular complexity index is 355. The molecule has 4 heteroatoms. The van der Waals surface area contributed by atoms with E-state index >= 15 is 0 Å². The number of rotatable bonds is 3. The highest BCUT2D eigenvalue weighted by Gasteiger charge is 2.16. The van der Waals surface area contributed by atoms with Crippen LogP contribution in [-0.2, 0) is 17.8 Å². The van der Waals surface area contributed by atoms with Gasteiger partial charge in [0.25, 0.3) is 0 Å². The van der Waals surface area contributed by atoms with Gasteiger partial charge in [0, 0.05) is 10.0 Å². The van der Waals surface area contributed by atoms with E-state index in [9.17, 15) is 0 Å². The molecule has 1 aromatic carbocycles. The van der Waals surface area contributed by atoms with Gasteiger partial charge < -0.3 is 14.8 Å². The van der Waals surface area contributed by atoms with E-state index in [4.69, 9.17) is 9.47 Å². The SMILES string of the molecule is CNCCc1c(Br)ccc2c1COCO2. The minimum atomic E-state index is 0.361. The van der Waals surface area contributed by atoms with Gasteiger partial charge in [0.15, 0.2) is 6.79 Å². The lowest BCUT2D eigenvalue weighted by atomic mass is 10.0. The maximum Gasteiger partial charge on any atom is 0.189 e. The van der Waals surface area contributed by atoms with E-state index in [1.807, 2.05) is 19.2 Å². The number of halogens is 1. The summed E-state index contributed by atoms with van der Waals surface area (Å²) in [7, 11) is 1.95. The number of ether oxygens (including phenoxy) is 2. The second-order valence-electron chi connectivity index (χ2n) is 3.47. The molecule has 2 rings (SSSR count). The molecule has 0 radical (unpaired) electrons. The van der Waals surface area contributed by atoms with E-state index in [0.29, 0.717) is 13.4 Å². The van der Waals surface area contributed by atoms with Crippen molar-refractivity contribution in [2.24, 2.45) is 0 Å². The molecule has 82 valence electrons. The highest BCUT2D eigenvalue weighted by Crippen LogP contribution is 2.32. The van der Waals surface area contributed by atoms with Crippen molar-refractivity contribution >= 4 is 15.9 Å². The van der Waals surface area contributed by atoms with Crippen molar-refractivity contribution in [2.75, 3.05) is 20.4 Å². The van der Waals surface area contributed by atoms with Gasteiger partial charge in [-0.2, -0.15) is 0 Å². The molecule has 3 nitrogen and oxygen atoms in total. The smallest absolute Gasteiger partial charge is 0.189 e. The molecule has 1 N–H and O–H groups in total. The van der Waals surface area contributed by atoms with Gasteiger partial charge in [-0.1, -0.05) is 15.9 Å². The average molecular weight is 272 g/mol. The van der Waals surface area contributed by atoms with Crippen molar-refractivity contribution in [3.05, 3.63) is 27.7 Å². The van der Waals surface area contributed by atoms with Crippen molar-refractivity contribution in [1.82, 2.24) is 5.32 Å². The lowest BCUT2D eigenvalue weighted by Gasteiger charge is -2.21. The second-order valence-corrected chi connectivity index (χ2v) is 4.32. The Kier molecular flexibility index (Phi) is 3.61. The minimum absolute atomic E-state index is 0.361. The van der Waals surface area contributed by atoms with E-state index in [1.165, 1.54) is 11.1 Å². The quantitative estimate of drug-likeness (QED) is 0.913. The molecule has 0 fully saturated rings. The van der Waals surface area contributed by atoms with Gasteiger partial charge in [-0.15, -0.1) is 0 Å². The molecule has 0 atom stereocenters. The molecule has 0 aromatic heterocycles. The Morgan fingerprint density at radius 3 is 3.13 bits per heavy atom. The summed E-state index contributed by atoms with van der Waals surface area (Å²) in [5, 5.41) is 3.15. The van der Waals surface area contributed by atoms with Crippen LogP contribution in [0.15, 0.2) is 16.6 Å². The molecule has 15 heavy (non-hydrogen) atoms. The lowest BCUT2D eigenvalue weighted by molar-refractivity contribution is -0.0168. The van der Waals surface area contributed by atoms with Crippen LogP contribution in [0.2, 0.25) is 0 Å². The number of likely N-dealkylation sites (N-methyl/N-ethyl adjacent to an activating group) is 1. The standard InChI is InChI=1S/C11H14BrNO2/c1-13-5-4-8-9-6-14-7-15-11(9)3-2-10(8)12/h2-3,13H,4-7H2,1H3. The largest absolute Gasteiger partial charge is 0.467 e. The molecule has 1 heterocycles. The summed E-state index contributed by atoms with van der Waals surface area (Å²) in [6.07, 6.45) is 0.979. The van der Waals surface area contributed by atoms with Crippen LogP contribution in [0, 0.1) is 0 Å². The van der Waals surface area contributed by atoms with Crippen LogP contribution in [0.1, 0.15) is 11.1 Å².